The molecule has 0 spiro atoms. The Kier molecular flexibility index (Phi) is 16.1. The summed E-state index contributed by atoms with van der Waals surface area (Å²) >= 11 is 9.25. The standard InChI is InChI=1S/C31H38S5/c1-6-12-27(13-8-7-9-21-32-4)35-24-26(3)18-17-25(2)23-29-19-20-31(36-29)30(33-5)16-10-14-28-15-11-22-34-28/h6,8,10-20,22H,1,7,9,21,23-24H2,2-5H3/b13-8+,14-10+,25-17+,26-18+,27-12-,30-16-. The van der Waals surface area contributed by atoms with Gasteiger partial charge in [0.05, 0.1) is 0 Å². The van der Waals surface area contributed by atoms with E-state index in [1.807, 2.05) is 40.9 Å². The zero-order valence-corrected chi connectivity index (χ0v) is 25.9. The molecule has 0 aromatic carbocycles. The van der Waals surface area contributed by atoms with Gasteiger partial charge in [-0.05, 0) is 86.8 Å². The second kappa shape index (κ2) is 18.8. The average Bonchev–Trinajstić information content (AvgIpc) is 3.56. The van der Waals surface area contributed by atoms with Crippen LogP contribution in [-0.4, -0.2) is 24.0 Å². The van der Waals surface area contributed by atoms with E-state index in [0.717, 1.165) is 18.6 Å². The molecule has 2 aromatic heterocycles. The fraction of sp³-hybridized carbons (Fsp3) is 0.290. The van der Waals surface area contributed by atoms with Crippen molar-refractivity contribution >= 4 is 68.9 Å². The highest BCUT2D eigenvalue weighted by atomic mass is 32.2. The van der Waals surface area contributed by atoms with Crippen LogP contribution in [0, 0.1) is 0 Å². The lowest BCUT2D eigenvalue weighted by molar-refractivity contribution is 0.973. The number of hydrogen-bond donors (Lipinski definition) is 0. The smallest absolute Gasteiger partial charge is 0.0409 e. The molecule has 0 aliphatic rings. The number of unbranched alkanes of at least 4 members (excludes halogenated alkanes) is 1. The van der Waals surface area contributed by atoms with Gasteiger partial charge < -0.3 is 0 Å². The van der Waals surface area contributed by atoms with Gasteiger partial charge in [0.15, 0.2) is 0 Å². The lowest BCUT2D eigenvalue weighted by Crippen LogP contribution is -1.85. The molecule has 0 fully saturated rings. The van der Waals surface area contributed by atoms with E-state index in [1.54, 1.807) is 23.1 Å². The van der Waals surface area contributed by atoms with Gasteiger partial charge in [0, 0.05) is 36.6 Å². The minimum atomic E-state index is 0.989. The molecule has 2 aromatic rings. The van der Waals surface area contributed by atoms with Crippen LogP contribution in [0.3, 0.4) is 0 Å². The molecule has 0 aliphatic heterocycles. The highest BCUT2D eigenvalue weighted by Gasteiger charge is 2.05. The third-order valence-corrected chi connectivity index (χ3v) is 9.81. The third kappa shape index (κ3) is 12.7. The van der Waals surface area contributed by atoms with E-state index < -0.39 is 0 Å². The summed E-state index contributed by atoms with van der Waals surface area (Å²) in [4.78, 5) is 6.62. The summed E-state index contributed by atoms with van der Waals surface area (Å²) < 4.78 is 0. The molecule has 192 valence electrons. The Morgan fingerprint density at radius 3 is 2.58 bits per heavy atom. The number of rotatable bonds is 16. The van der Waals surface area contributed by atoms with Crippen molar-refractivity contribution < 1.29 is 0 Å². The minimum Gasteiger partial charge on any atom is -0.165 e. The topological polar surface area (TPSA) is 0 Å². The van der Waals surface area contributed by atoms with Crippen LogP contribution in [0.2, 0.25) is 0 Å². The quantitative estimate of drug-likeness (QED) is 0.145. The zero-order chi connectivity index (χ0) is 26.0. The van der Waals surface area contributed by atoms with Crippen LogP contribution >= 0.6 is 58.0 Å². The monoisotopic (exact) mass is 570 g/mol. The minimum absolute atomic E-state index is 0.989. The molecule has 0 saturated heterocycles. The molecule has 0 unspecified atom stereocenters. The number of thiophene rings is 2. The van der Waals surface area contributed by atoms with Crippen molar-refractivity contribution in [3.05, 3.63) is 116 Å². The fourth-order valence-electron chi connectivity index (χ4n) is 3.15. The molecule has 0 bridgehead atoms. The van der Waals surface area contributed by atoms with E-state index in [1.165, 1.54) is 47.8 Å². The van der Waals surface area contributed by atoms with Crippen LogP contribution in [0.15, 0.2) is 101 Å². The van der Waals surface area contributed by atoms with E-state index in [9.17, 15) is 0 Å². The molecule has 0 nitrogen and oxygen atoms in total. The SMILES string of the molecule is C=C/C=C(/C=C/CCCSC)SC/C(C)=C/C=C(\C)Cc1ccc(/C(=C/C=C/c2cccs2)SC)s1. The Balaban J connectivity index is 1.90. The van der Waals surface area contributed by atoms with E-state index in [0.29, 0.717) is 0 Å². The zero-order valence-electron chi connectivity index (χ0n) is 21.9. The molecule has 2 rings (SSSR count). The van der Waals surface area contributed by atoms with Gasteiger partial charge in [-0.15, -0.1) is 46.2 Å². The summed E-state index contributed by atoms with van der Waals surface area (Å²) in [6.07, 6.45) is 27.3. The van der Waals surface area contributed by atoms with Crippen molar-refractivity contribution in [2.75, 3.05) is 24.0 Å². The van der Waals surface area contributed by atoms with Crippen LogP contribution in [0.4, 0.5) is 0 Å². The first kappa shape index (κ1) is 30.9. The Hall–Kier alpha value is -1.37. The maximum atomic E-state index is 3.87. The van der Waals surface area contributed by atoms with E-state index in [4.69, 9.17) is 0 Å². The Labute approximate surface area is 240 Å². The van der Waals surface area contributed by atoms with Gasteiger partial charge in [-0.1, -0.05) is 60.2 Å². The van der Waals surface area contributed by atoms with Crippen molar-refractivity contribution in [2.24, 2.45) is 0 Å². The molecule has 0 amide bonds. The summed E-state index contributed by atoms with van der Waals surface area (Å²) in [7, 11) is 0. The highest BCUT2D eigenvalue weighted by molar-refractivity contribution is 8.07. The van der Waals surface area contributed by atoms with Crippen molar-refractivity contribution in [3.63, 3.8) is 0 Å². The Bertz CT molecular complexity index is 1090. The average molecular weight is 571 g/mol. The molecule has 0 radical (unpaired) electrons. The Morgan fingerprint density at radius 2 is 1.86 bits per heavy atom. The second-order valence-electron chi connectivity index (χ2n) is 8.21. The van der Waals surface area contributed by atoms with Crippen LogP contribution in [0.25, 0.3) is 11.0 Å². The van der Waals surface area contributed by atoms with E-state index in [2.05, 4.69) is 111 Å². The van der Waals surface area contributed by atoms with Gasteiger partial charge in [-0.25, -0.2) is 0 Å². The predicted molar refractivity (Wildman–Crippen MR) is 178 cm³/mol. The summed E-state index contributed by atoms with van der Waals surface area (Å²) in [5, 5.41) is 2.11. The number of allylic oxidation sites excluding steroid dienone is 9. The maximum absolute atomic E-state index is 3.87. The van der Waals surface area contributed by atoms with Gasteiger partial charge in [0.25, 0.3) is 0 Å². The first-order chi connectivity index (χ1) is 17.5. The largest absolute Gasteiger partial charge is 0.165 e. The highest BCUT2D eigenvalue weighted by Crippen LogP contribution is 2.32. The predicted octanol–water partition coefficient (Wildman–Crippen LogP) is 11.2. The molecule has 2 heterocycles. The summed E-state index contributed by atoms with van der Waals surface area (Å²) in [6, 6.07) is 8.76. The van der Waals surface area contributed by atoms with Crippen LogP contribution in [-0.2, 0) is 6.42 Å². The normalized spacial score (nSPS) is 13.9. The molecule has 5 heteroatoms. The van der Waals surface area contributed by atoms with Crippen molar-refractivity contribution in [1.82, 2.24) is 0 Å². The summed E-state index contributed by atoms with van der Waals surface area (Å²) in [6.45, 7) is 8.31. The molecule has 36 heavy (non-hydrogen) atoms. The van der Waals surface area contributed by atoms with Gasteiger partial charge in [0.1, 0.15) is 0 Å². The van der Waals surface area contributed by atoms with E-state index >= 15 is 0 Å². The van der Waals surface area contributed by atoms with Crippen LogP contribution in [0.5, 0.6) is 0 Å². The van der Waals surface area contributed by atoms with Crippen LogP contribution in [0.1, 0.15) is 41.3 Å². The molecule has 0 saturated carbocycles. The van der Waals surface area contributed by atoms with Gasteiger partial charge in [-0.2, -0.15) is 11.8 Å². The molecule has 0 atom stereocenters. The fourth-order valence-corrected chi connectivity index (χ4v) is 6.99. The van der Waals surface area contributed by atoms with Gasteiger partial charge >= 0.3 is 0 Å². The molecule has 0 aliphatic carbocycles. The second-order valence-corrected chi connectivity index (χ2v) is 13.2. The lowest BCUT2D eigenvalue weighted by atomic mass is 10.1. The van der Waals surface area contributed by atoms with Crippen molar-refractivity contribution in [1.29, 1.82) is 0 Å². The first-order valence-electron chi connectivity index (χ1n) is 12.0. The lowest BCUT2D eigenvalue weighted by Gasteiger charge is -2.03. The van der Waals surface area contributed by atoms with Gasteiger partial charge in [-0.3, -0.25) is 0 Å². The molecule has 0 N–H and O–H groups in total. The third-order valence-electron chi connectivity index (χ3n) is 5.03. The van der Waals surface area contributed by atoms with Crippen molar-refractivity contribution in [3.8, 4) is 0 Å². The Morgan fingerprint density at radius 1 is 1.03 bits per heavy atom. The van der Waals surface area contributed by atoms with E-state index in [-0.39, 0.29) is 0 Å². The van der Waals surface area contributed by atoms with Crippen LogP contribution < -0.4 is 0 Å². The number of thioether (sulfide) groups is 3. The molecular formula is C31H38S5. The summed E-state index contributed by atoms with van der Waals surface area (Å²) in [5.74, 6) is 2.21. The first-order valence-corrected chi connectivity index (χ1v) is 17.3. The van der Waals surface area contributed by atoms with Crippen molar-refractivity contribution in [2.45, 2.75) is 33.1 Å². The number of hydrogen-bond acceptors (Lipinski definition) is 5. The summed E-state index contributed by atoms with van der Waals surface area (Å²) in [5.41, 5.74) is 2.76. The molecular weight excluding hydrogens is 533 g/mol. The maximum Gasteiger partial charge on any atom is 0.0409 e. The van der Waals surface area contributed by atoms with Gasteiger partial charge in [0.2, 0.25) is 0 Å².